The van der Waals surface area contributed by atoms with Crippen molar-refractivity contribution in [3.8, 4) is 0 Å². The number of rotatable bonds is 5. The minimum atomic E-state index is -4.43. The summed E-state index contributed by atoms with van der Waals surface area (Å²) in [4.78, 5) is 16.2. The van der Waals surface area contributed by atoms with Gasteiger partial charge in [-0.1, -0.05) is 23.7 Å². The molecule has 0 radical (unpaired) electrons. The summed E-state index contributed by atoms with van der Waals surface area (Å²) in [7, 11) is -3.75. The van der Waals surface area contributed by atoms with Crippen molar-refractivity contribution in [2.45, 2.75) is 13.1 Å². The molecule has 1 fully saturated rings. The molecule has 1 amide bonds. The number of carbonyl (C=O) groups excluding carboxylic acids is 1. The second-order valence-electron chi connectivity index (χ2n) is 7.57. The number of nitrogens with zero attached hydrogens (tertiary/aromatic N) is 3. The molecule has 1 saturated heterocycles. The van der Waals surface area contributed by atoms with Gasteiger partial charge in [0.15, 0.2) is 0 Å². The van der Waals surface area contributed by atoms with Crippen LogP contribution in [0.5, 0.6) is 0 Å². The number of sulfonamides is 1. The van der Waals surface area contributed by atoms with Crippen LogP contribution >= 0.6 is 11.6 Å². The number of hydrogen-bond acceptors (Lipinski definition) is 4. The van der Waals surface area contributed by atoms with Gasteiger partial charge in [-0.05, 0) is 42.8 Å². The number of carbonyl (C=O) groups is 1. The van der Waals surface area contributed by atoms with Crippen molar-refractivity contribution in [3.63, 3.8) is 0 Å². The van der Waals surface area contributed by atoms with Crippen LogP contribution < -0.4 is 9.21 Å². The zero-order valence-electron chi connectivity index (χ0n) is 17.6. The van der Waals surface area contributed by atoms with Gasteiger partial charge in [0, 0.05) is 36.9 Å². The Morgan fingerprint density at radius 1 is 1.09 bits per heavy atom. The molecule has 32 heavy (non-hydrogen) atoms. The zero-order valence-corrected chi connectivity index (χ0v) is 19.1. The van der Waals surface area contributed by atoms with Crippen LogP contribution in [-0.2, 0) is 21.0 Å². The smallest absolute Gasteiger partial charge is 0.368 e. The number of amides is 1. The molecule has 6 nitrogen and oxygen atoms in total. The molecule has 1 heterocycles. The first-order valence-corrected chi connectivity index (χ1v) is 12.0. The molecule has 2 aromatic carbocycles. The molecule has 0 aromatic heterocycles. The lowest BCUT2D eigenvalue weighted by atomic mass is 10.1. The SMILES string of the molecule is Cc1c(Cl)cccc1N(CC(=O)N1CCN(c2cccc(C(F)(F)F)c2)CC1)S(C)(=O)=O. The standard InChI is InChI=1S/C21H23ClF3N3O3S/c1-15-18(22)7-4-8-19(15)28(32(2,30)31)14-20(29)27-11-9-26(10-12-27)17-6-3-5-16(13-17)21(23,24)25/h3-8,13H,9-12,14H2,1-2H3. The molecule has 0 unspecified atom stereocenters. The van der Waals surface area contributed by atoms with E-state index in [0.29, 0.717) is 35.1 Å². The summed E-state index contributed by atoms with van der Waals surface area (Å²) in [5.74, 6) is -0.390. The van der Waals surface area contributed by atoms with Crippen LogP contribution in [0.2, 0.25) is 5.02 Å². The van der Waals surface area contributed by atoms with E-state index in [0.717, 1.165) is 22.7 Å². The second kappa shape index (κ2) is 9.19. The van der Waals surface area contributed by atoms with Gasteiger partial charge in [0.2, 0.25) is 15.9 Å². The highest BCUT2D eigenvalue weighted by Crippen LogP contribution is 2.32. The first-order chi connectivity index (χ1) is 14.9. The van der Waals surface area contributed by atoms with E-state index in [1.54, 1.807) is 36.1 Å². The molecule has 2 aromatic rings. The van der Waals surface area contributed by atoms with Gasteiger partial charge in [-0.3, -0.25) is 9.10 Å². The first-order valence-electron chi connectivity index (χ1n) is 9.81. The molecule has 11 heteroatoms. The third kappa shape index (κ3) is 5.47. The van der Waals surface area contributed by atoms with Crippen LogP contribution in [0, 0.1) is 6.92 Å². The van der Waals surface area contributed by atoms with Crippen molar-refractivity contribution in [3.05, 3.63) is 58.6 Å². The van der Waals surface area contributed by atoms with Crippen molar-refractivity contribution in [1.29, 1.82) is 0 Å². The van der Waals surface area contributed by atoms with Crippen LogP contribution in [0.15, 0.2) is 42.5 Å². The van der Waals surface area contributed by atoms with Crippen LogP contribution in [0.25, 0.3) is 0 Å². The van der Waals surface area contributed by atoms with Crippen LogP contribution in [-0.4, -0.2) is 58.2 Å². The number of hydrogen-bond donors (Lipinski definition) is 0. The van der Waals surface area contributed by atoms with Gasteiger partial charge in [0.05, 0.1) is 17.5 Å². The maximum Gasteiger partial charge on any atom is 0.416 e. The Bertz CT molecular complexity index is 1100. The summed E-state index contributed by atoms with van der Waals surface area (Å²) in [6.45, 7) is 2.49. The molecule has 3 rings (SSSR count). The Kier molecular flexibility index (Phi) is 6.94. The molecule has 0 spiro atoms. The predicted molar refractivity (Wildman–Crippen MR) is 119 cm³/mol. The van der Waals surface area contributed by atoms with Gasteiger partial charge in [-0.2, -0.15) is 13.2 Å². The fourth-order valence-corrected chi connectivity index (χ4v) is 4.63. The molecule has 1 aliphatic heterocycles. The molecule has 1 aliphatic rings. The van der Waals surface area contributed by atoms with Crippen molar-refractivity contribution in [1.82, 2.24) is 4.90 Å². The van der Waals surface area contributed by atoms with E-state index in [1.807, 2.05) is 0 Å². The molecular weight excluding hydrogens is 467 g/mol. The van der Waals surface area contributed by atoms with Crippen molar-refractivity contribution >= 4 is 38.9 Å². The Labute approximate surface area is 190 Å². The molecule has 0 aliphatic carbocycles. The average Bonchev–Trinajstić information content (AvgIpc) is 2.73. The van der Waals surface area contributed by atoms with Gasteiger partial charge in [0.1, 0.15) is 6.54 Å². The molecule has 0 atom stereocenters. The van der Waals surface area contributed by atoms with Crippen LogP contribution in [0.1, 0.15) is 11.1 Å². The number of benzene rings is 2. The minimum absolute atomic E-state index is 0.265. The Morgan fingerprint density at radius 3 is 2.31 bits per heavy atom. The first kappa shape index (κ1) is 24.2. The third-order valence-corrected chi connectivity index (χ3v) is 6.89. The van der Waals surface area contributed by atoms with Crippen molar-refractivity contribution < 1.29 is 26.4 Å². The van der Waals surface area contributed by atoms with E-state index in [2.05, 4.69) is 0 Å². The van der Waals surface area contributed by atoms with Crippen molar-refractivity contribution in [2.75, 3.05) is 48.2 Å². The number of anilines is 2. The maximum absolute atomic E-state index is 13.0. The van der Waals surface area contributed by atoms with E-state index >= 15 is 0 Å². The topological polar surface area (TPSA) is 60.9 Å². The summed E-state index contributed by atoms with van der Waals surface area (Å²) in [6.07, 6.45) is -3.41. The molecule has 0 saturated carbocycles. The summed E-state index contributed by atoms with van der Waals surface area (Å²) >= 11 is 6.11. The highest BCUT2D eigenvalue weighted by atomic mass is 35.5. The monoisotopic (exact) mass is 489 g/mol. The van der Waals surface area contributed by atoms with Crippen LogP contribution in [0.3, 0.4) is 0 Å². The van der Waals surface area contributed by atoms with Gasteiger partial charge in [-0.15, -0.1) is 0 Å². The highest BCUT2D eigenvalue weighted by molar-refractivity contribution is 7.92. The van der Waals surface area contributed by atoms with Crippen LogP contribution in [0.4, 0.5) is 24.5 Å². The lowest BCUT2D eigenvalue weighted by molar-refractivity contribution is -0.137. The van der Waals surface area contributed by atoms with Gasteiger partial charge < -0.3 is 9.80 Å². The summed E-state index contributed by atoms with van der Waals surface area (Å²) in [5, 5.41) is 0.387. The molecule has 174 valence electrons. The maximum atomic E-state index is 13.0. The Hall–Kier alpha value is -2.46. The fourth-order valence-electron chi connectivity index (χ4n) is 3.56. The Balaban J connectivity index is 1.70. The quantitative estimate of drug-likeness (QED) is 0.641. The lowest BCUT2D eigenvalue weighted by Gasteiger charge is -2.37. The lowest BCUT2D eigenvalue weighted by Crippen LogP contribution is -2.52. The Morgan fingerprint density at radius 2 is 1.72 bits per heavy atom. The predicted octanol–water partition coefficient (Wildman–Crippen LogP) is 3.78. The number of piperazine rings is 1. The third-order valence-electron chi connectivity index (χ3n) is 5.36. The van der Waals surface area contributed by atoms with E-state index in [4.69, 9.17) is 11.6 Å². The summed E-state index contributed by atoms with van der Waals surface area (Å²) in [5.41, 5.74) is 0.575. The van der Waals surface area contributed by atoms with E-state index in [-0.39, 0.29) is 19.6 Å². The second-order valence-corrected chi connectivity index (χ2v) is 9.88. The molecular formula is C21H23ClF3N3O3S. The van der Waals surface area contributed by atoms with Gasteiger partial charge in [-0.25, -0.2) is 8.42 Å². The minimum Gasteiger partial charge on any atom is -0.368 e. The van der Waals surface area contributed by atoms with E-state index in [9.17, 15) is 26.4 Å². The van der Waals surface area contributed by atoms with Gasteiger partial charge in [0.25, 0.3) is 0 Å². The molecule has 0 bridgehead atoms. The average molecular weight is 490 g/mol. The summed E-state index contributed by atoms with van der Waals surface area (Å²) < 4.78 is 64.7. The fraction of sp³-hybridized carbons (Fsp3) is 0.381. The summed E-state index contributed by atoms with van der Waals surface area (Å²) in [6, 6.07) is 9.89. The van der Waals surface area contributed by atoms with Gasteiger partial charge >= 0.3 is 6.18 Å². The van der Waals surface area contributed by atoms with E-state index in [1.165, 1.54) is 11.0 Å². The normalized spacial score (nSPS) is 15.1. The molecule has 0 N–H and O–H groups in total. The highest BCUT2D eigenvalue weighted by Gasteiger charge is 2.32. The largest absolute Gasteiger partial charge is 0.416 e. The zero-order chi connectivity index (χ0) is 23.7. The van der Waals surface area contributed by atoms with Crippen molar-refractivity contribution in [2.24, 2.45) is 0 Å². The number of halogens is 4. The van der Waals surface area contributed by atoms with E-state index < -0.39 is 27.7 Å². The number of alkyl halides is 3.